The fourth-order valence-electron chi connectivity index (χ4n) is 3.80. The molecule has 0 unspecified atom stereocenters. The van der Waals surface area contributed by atoms with Crippen LogP contribution in [0.3, 0.4) is 0 Å². The zero-order valence-electron chi connectivity index (χ0n) is 20.2. The quantitative estimate of drug-likeness (QED) is 0.608. The van der Waals surface area contributed by atoms with Crippen LogP contribution >= 0.6 is 0 Å². The lowest BCUT2D eigenvalue weighted by molar-refractivity contribution is 0.0146. The number of nitrogens with zero attached hydrogens (tertiary/aromatic N) is 2. The lowest BCUT2D eigenvalue weighted by Crippen LogP contribution is -2.50. The van der Waals surface area contributed by atoms with Crippen molar-refractivity contribution in [2.45, 2.75) is 32.8 Å². The first kappa shape index (κ1) is 24.6. The van der Waals surface area contributed by atoms with Gasteiger partial charge in [-0.25, -0.2) is 9.59 Å². The molecule has 7 nitrogen and oxygen atoms in total. The third-order valence-corrected chi connectivity index (χ3v) is 5.62. The first-order valence-electron chi connectivity index (χ1n) is 11.3. The van der Waals surface area contributed by atoms with Crippen molar-refractivity contribution in [3.63, 3.8) is 0 Å². The van der Waals surface area contributed by atoms with Crippen LogP contribution in [-0.2, 0) is 15.9 Å². The molecule has 0 bridgehead atoms. The summed E-state index contributed by atoms with van der Waals surface area (Å²) in [4.78, 5) is 28.0. The molecule has 1 aliphatic heterocycles. The average Bonchev–Trinajstić information content (AvgIpc) is 2.81. The Bertz CT molecular complexity index is 958. The highest BCUT2D eigenvalue weighted by molar-refractivity contribution is 5.90. The largest absolute Gasteiger partial charge is 0.496 e. The molecular weight excluding hydrogens is 420 g/mol. The van der Waals surface area contributed by atoms with Gasteiger partial charge in [0.25, 0.3) is 0 Å². The van der Waals surface area contributed by atoms with Gasteiger partial charge in [-0.15, -0.1) is 0 Å². The molecule has 33 heavy (non-hydrogen) atoms. The van der Waals surface area contributed by atoms with Gasteiger partial charge < -0.3 is 19.1 Å². The van der Waals surface area contributed by atoms with Crippen molar-refractivity contribution < 1.29 is 23.8 Å². The maximum atomic E-state index is 12.2. The SMILES string of the molecule is COC(=O)c1ccc(-c2ccc(CCN3CCN(C(=O)OC(C)(C)C)CC3)cc2OC)cc1. The number of carbonyl (C=O) groups excluding carboxylic acids is 2. The summed E-state index contributed by atoms with van der Waals surface area (Å²) >= 11 is 0. The number of hydrogen-bond acceptors (Lipinski definition) is 6. The average molecular weight is 455 g/mol. The van der Waals surface area contributed by atoms with Gasteiger partial charge in [0.1, 0.15) is 11.4 Å². The summed E-state index contributed by atoms with van der Waals surface area (Å²) < 4.78 is 15.9. The minimum Gasteiger partial charge on any atom is -0.496 e. The summed E-state index contributed by atoms with van der Waals surface area (Å²) in [5.41, 5.74) is 3.19. The number of esters is 1. The smallest absolute Gasteiger partial charge is 0.410 e. The van der Waals surface area contributed by atoms with Crippen molar-refractivity contribution in [1.29, 1.82) is 0 Å². The molecule has 1 amide bonds. The van der Waals surface area contributed by atoms with Crippen LogP contribution in [0, 0.1) is 0 Å². The number of carbonyl (C=O) groups is 2. The van der Waals surface area contributed by atoms with E-state index in [1.807, 2.05) is 32.9 Å². The first-order valence-corrected chi connectivity index (χ1v) is 11.3. The maximum absolute atomic E-state index is 12.2. The van der Waals surface area contributed by atoms with E-state index >= 15 is 0 Å². The number of hydrogen-bond donors (Lipinski definition) is 0. The first-order chi connectivity index (χ1) is 15.7. The summed E-state index contributed by atoms with van der Waals surface area (Å²) in [6.07, 6.45) is 0.659. The zero-order valence-corrected chi connectivity index (χ0v) is 20.2. The lowest BCUT2D eigenvalue weighted by Gasteiger charge is -2.35. The van der Waals surface area contributed by atoms with E-state index in [0.717, 1.165) is 42.9 Å². The molecule has 0 aliphatic carbocycles. The van der Waals surface area contributed by atoms with E-state index < -0.39 is 5.60 Å². The van der Waals surface area contributed by atoms with Gasteiger partial charge in [0.15, 0.2) is 0 Å². The molecule has 0 atom stereocenters. The normalized spacial score (nSPS) is 14.6. The Labute approximate surface area is 196 Å². The van der Waals surface area contributed by atoms with Gasteiger partial charge in [0.2, 0.25) is 0 Å². The van der Waals surface area contributed by atoms with Gasteiger partial charge in [0, 0.05) is 38.3 Å². The zero-order chi connectivity index (χ0) is 24.0. The van der Waals surface area contributed by atoms with Gasteiger partial charge >= 0.3 is 12.1 Å². The third-order valence-electron chi connectivity index (χ3n) is 5.62. The van der Waals surface area contributed by atoms with Crippen LogP contribution in [0.4, 0.5) is 4.79 Å². The number of rotatable bonds is 6. The molecule has 3 rings (SSSR count). The Morgan fingerprint density at radius 1 is 0.939 bits per heavy atom. The van der Waals surface area contributed by atoms with Gasteiger partial charge in [-0.3, -0.25) is 4.90 Å². The molecule has 2 aromatic carbocycles. The minimum atomic E-state index is -0.469. The Hall–Kier alpha value is -3.06. The molecular formula is C26H34N2O5. The fraction of sp³-hybridized carbons (Fsp3) is 0.462. The van der Waals surface area contributed by atoms with Crippen LogP contribution < -0.4 is 4.74 Å². The highest BCUT2D eigenvalue weighted by atomic mass is 16.6. The van der Waals surface area contributed by atoms with Crippen molar-refractivity contribution in [2.75, 3.05) is 46.9 Å². The van der Waals surface area contributed by atoms with E-state index in [0.29, 0.717) is 18.7 Å². The topological polar surface area (TPSA) is 68.3 Å². The summed E-state index contributed by atoms with van der Waals surface area (Å²) in [5, 5.41) is 0. The van der Waals surface area contributed by atoms with E-state index in [1.54, 1.807) is 24.1 Å². The number of benzene rings is 2. The number of methoxy groups -OCH3 is 2. The van der Waals surface area contributed by atoms with Crippen molar-refractivity contribution >= 4 is 12.1 Å². The molecule has 178 valence electrons. The van der Waals surface area contributed by atoms with E-state index in [-0.39, 0.29) is 12.1 Å². The fourth-order valence-corrected chi connectivity index (χ4v) is 3.80. The van der Waals surface area contributed by atoms with Gasteiger partial charge in [-0.2, -0.15) is 0 Å². The molecule has 1 fully saturated rings. The lowest BCUT2D eigenvalue weighted by atomic mass is 10.00. The molecule has 1 aliphatic rings. The second-order valence-electron chi connectivity index (χ2n) is 9.16. The van der Waals surface area contributed by atoms with E-state index in [2.05, 4.69) is 23.1 Å². The molecule has 1 saturated heterocycles. The van der Waals surface area contributed by atoms with Gasteiger partial charge in [-0.1, -0.05) is 24.3 Å². The highest BCUT2D eigenvalue weighted by Gasteiger charge is 2.25. The molecule has 0 spiro atoms. The maximum Gasteiger partial charge on any atom is 0.410 e. The summed E-state index contributed by atoms with van der Waals surface area (Å²) in [6, 6.07) is 13.5. The summed E-state index contributed by atoms with van der Waals surface area (Å²) in [5.74, 6) is 0.448. The highest BCUT2D eigenvalue weighted by Crippen LogP contribution is 2.31. The van der Waals surface area contributed by atoms with Crippen molar-refractivity contribution in [2.24, 2.45) is 0 Å². The molecule has 0 aromatic heterocycles. The second-order valence-corrected chi connectivity index (χ2v) is 9.16. The number of amides is 1. The van der Waals surface area contributed by atoms with E-state index in [9.17, 15) is 9.59 Å². The van der Waals surface area contributed by atoms with Crippen LogP contribution in [-0.4, -0.2) is 74.4 Å². The van der Waals surface area contributed by atoms with Crippen molar-refractivity contribution in [3.8, 4) is 16.9 Å². The van der Waals surface area contributed by atoms with Crippen LogP contribution in [0.2, 0.25) is 0 Å². The van der Waals surface area contributed by atoms with Gasteiger partial charge in [0.05, 0.1) is 19.8 Å². The Balaban J connectivity index is 1.56. The third kappa shape index (κ3) is 6.71. The molecule has 2 aromatic rings. The van der Waals surface area contributed by atoms with E-state index in [1.165, 1.54) is 12.7 Å². The van der Waals surface area contributed by atoms with Crippen molar-refractivity contribution in [3.05, 3.63) is 53.6 Å². The minimum absolute atomic E-state index is 0.234. The predicted octanol–water partition coefficient (Wildman–Crippen LogP) is 4.24. The number of piperazine rings is 1. The monoisotopic (exact) mass is 454 g/mol. The van der Waals surface area contributed by atoms with Crippen LogP contribution in [0.1, 0.15) is 36.7 Å². The molecule has 0 N–H and O–H groups in total. The standard InChI is InChI=1S/C26H34N2O5/c1-26(2,3)33-25(30)28-16-14-27(15-17-28)13-12-19-6-11-22(23(18-19)31-4)20-7-9-21(10-8-20)24(29)32-5/h6-11,18H,12-17H2,1-5H3. The Kier molecular flexibility index (Phi) is 7.97. The number of ether oxygens (including phenoxy) is 3. The molecule has 7 heteroatoms. The van der Waals surface area contributed by atoms with E-state index in [4.69, 9.17) is 14.2 Å². The second kappa shape index (κ2) is 10.7. The summed E-state index contributed by atoms with van der Waals surface area (Å²) in [6.45, 7) is 9.60. The molecule has 0 saturated carbocycles. The van der Waals surface area contributed by atoms with Crippen molar-refractivity contribution in [1.82, 2.24) is 9.80 Å². The predicted molar refractivity (Wildman–Crippen MR) is 128 cm³/mol. The molecule has 0 radical (unpaired) electrons. The Morgan fingerprint density at radius 2 is 1.61 bits per heavy atom. The van der Waals surface area contributed by atoms with Crippen LogP contribution in [0.5, 0.6) is 5.75 Å². The molecule has 1 heterocycles. The Morgan fingerprint density at radius 3 is 2.18 bits per heavy atom. The van der Waals surface area contributed by atoms with Crippen LogP contribution in [0.25, 0.3) is 11.1 Å². The van der Waals surface area contributed by atoms with Gasteiger partial charge in [-0.05, 0) is 56.5 Å². The summed E-state index contributed by atoms with van der Waals surface area (Å²) in [7, 11) is 3.04. The van der Waals surface area contributed by atoms with Crippen LogP contribution in [0.15, 0.2) is 42.5 Å².